The maximum atomic E-state index is 14.2. The number of aryl methyl sites for hydroxylation is 1. The van der Waals surface area contributed by atoms with E-state index in [1.54, 1.807) is 36.4 Å². The molecule has 0 heterocycles. The number of sulfonamides is 1. The van der Waals surface area contributed by atoms with E-state index < -0.39 is 26.7 Å². The summed E-state index contributed by atoms with van der Waals surface area (Å²) in [6.07, 6.45) is 0.462. The van der Waals surface area contributed by atoms with E-state index in [1.165, 1.54) is 19.2 Å². The number of ether oxygens (including phenoxy) is 1. The highest BCUT2D eigenvalue weighted by atomic mass is 32.2. The van der Waals surface area contributed by atoms with Crippen LogP contribution in [0.15, 0.2) is 65.6 Å². The number of hydrogen-bond donors (Lipinski definition) is 2. The average molecular weight is 429 g/mol. The molecule has 0 aromatic heterocycles. The van der Waals surface area contributed by atoms with Gasteiger partial charge in [0.1, 0.15) is 22.0 Å². The van der Waals surface area contributed by atoms with E-state index in [9.17, 15) is 22.7 Å². The minimum Gasteiger partial charge on any atom is -0.495 e. The van der Waals surface area contributed by atoms with Gasteiger partial charge in [-0.1, -0.05) is 49.4 Å². The summed E-state index contributed by atoms with van der Waals surface area (Å²) >= 11 is 0. The zero-order valence-corrected chi connectivity index (χ0v) is 17.2. The maximum Gasteiger partial charge on any atom is 0.341 e. The number of carboxylic acid groups (broad SMARTS) is 1. The molecule has 2 N–H and O–H groups in total. The monoisotopic (exact) mass is 429 g/mol. The van der Waals surface area contributed by atoms with Crippen LogP contribution in [0.4, 0.5) is 10.1 Å². The van der Waals surface area contributed by atoms with Crippen LogP contribution in [0.3, 0.4) is 0 Å². The molecule has 0 aliphatic rings. The van der Waals surface area contributed by atoms with Gasteiger partial charge in [0.2, 0.25) is 0 Å². The van der Waals surface area contributed by atoms with Crippen LogP contribution in [0.1, 0.15) is 22.8 Å². The fourth-order valence-corrected chi connectivity index (χ4v) is 4.40. The van der Waals surface area contributed by atoms with Gasteiger partial charge in [0, 0.05) is 5.56 Å². The largest absolute Gasteiger partial charge is 0.495 e. The molecule has 6 nitrogen and oxygen atoms in total. The highest BCUT2D eigenvalue weighted by molar-refractivity contribution is 7.92. The second kappa shape index (κ2) is 8.54. The molecule has 3 rings (SSSR count). The fourth-order valence-electron chi connectivity index (χ4n) is 3.22. The van der Waals surface area contributed by atoms with Gasteiger partial charge in [-0.15, -0.1) is 0 Å². The lowest BCUT2D eigenvalue weighted by atomic mass is 9.95. The minimum absolute atomic E-state index is 0.0518. The molecule has 0 amide bonds. The molecule has 0 fully saturated rings. The zero-order chi connectivity index (χ0) is 21.9. The van der Waals surface area contributed by atoms with E-state index in [1.807, 2.05) is 6.92 Å². The fraction of sp³-hybridized carbons (Fsp3) is 0.136. The Bertz CT molecular complexity index is 1190. The second-order valence-corrected chi connectivity index (χ2v) is 8.08. The van der Waals surface area contributed by atoms with E-state index in [0.29, 0.717) is 23.1 Å². The average Bonchev–Trinajstić information content (AvgIpc) is 2.73. The number of halogens is 1. The molecule has 0 bridgehead atoms. The van der Waals surface area contributed by atoms with Crippen molar-refractivity contribution in [3.8, 4) is 16.9 Å². The Morgan fingerprint density at radius 2 is 1.73 bits per heavy atom. The molecule has 0 radical (unpaired) electrons. The lowest BCUT2D eigenvalue weighted by Crippen LogP contribution is -2.19. The first-order chi connectivity index (χ1) is 14.3. The molecule has 30 heavy (non-hydrogen) atoms. The molecule has 0 aliphatic carbocycles. The summed E-state index contributed by atoms with van der Waals surface area (Å²) in [6.45, 7) is 1.83. The number of aromatic carboxylic acids is 1. The van der Waals surface area contributed by atoms with E-state index in [-0.39, 0.29) is 17.0 Å². The summed E-state index contributed by atoms with van der Waals surface area (Å²) in [6, 6.07) is 15.3. The van der Waals surface area contributed by atoms with Gasteiger partial charge in [0.25, 0.3) is 10.0 Å². The normalized spacial score (nSPS) is 11.2. The van der Waals surface area contributed by atoms with Crippen molar-refractivity contribution in [1.29, 1.82) is 0 Å². The van der Waals surface area contributed by atoms with Crippen LogP contribution in [0.5, 0.6) is 5.75 Å². The van der Waals surface area contributed by atoms with Crippen molar-refractivity contribution in [3.05, 3.63) is 77.6 Å². The van der Waals surface area contributed by atoms with E-state index in [4.69, 9.17) is 4.74 Å². The van der Waals surface area contributed by atoms with Crippen LogP contribution in [0, 0.1) is 5.82 Å². The van der Waals surface area contributed by atoms with Gasteiger partial charge >= 0.3 is 5.97 Å². The molecule has 156 valence electrons. The Morgan fingerprint density at radius 3 is 2.30 bits per heavy atom. The Labute approximate surface area is 174 Å². The first kappa shape index (κ1) is 21.3. The van der Waals surface area contributed by atoms with Gasteiger partial charge < -0.3 is 9.84 Å². The van der Waals surface area contributed by atoms with Crippen LogP contribution >= 0.6 is 0 Å². The van der Waals surface area contributed by atoms with Gasteiger partial charge in [-0.25, -0.2) is 17.6 Å². The number of benzene rings is 3. The van der Waals surface area contributed by atoms with Crippen LogP contribution in [0.25, 0.3) is 11.1 Å². The summed E-state index contributed by atoms with van der Waals surface area (Å²) in [5.41, 5.74) is 1.03. The molecule has 8 heteroatoms. The SMILES string of the molecule is CCc1cc(-c2ccccc2)c(NS(=O)(=O)c2ccccc2F)c(C(=O)O)c1OC. The van der Waals surface area contributed by atoms with Crippen molar-refractivity contribution in [3.63, 3.8) is 0 Å². The number of carboxylic acids is 1. The molecule has 0 saturated heterocycles. The third-order valence-corrected chi connectivity index (χ3v) is 5.99. The molecule has 0 spiro atoms. The second-order valence-electron chi connectivity index (χ2n) is 6.43. The van der Waals surface area contributed by atoms with E-state index >= 15 is 0 Å². The van der Waals surface area contributed by atoms with Crippen LogP contribution in [-0.2, 0) is 16.4 Å². The van der Waals surface area contributed by atoms with Gasteiger partial charge in [-0.3, -0.25) is 4.72 Å². The zero-order valence-electron chi connectivity index (χ0n) is 16.3. The van der Waals surface area contributed by atoms with Crippen molar-refractivity contribution in [1.82, 2.24) is 0 Å². The van der Waals surface area contributed by atoms with Crippen molar-refractivity contribution < 1.29 is 27.4 Å². The number of hydrogen-bond acceptors (Lipinski definition) is 4. The summed E-state index contributed by atoms with van der Waals surface area (Å²) in [5, 5.41) is 9.90. The summed E-state index contributed by atoms with van der Waals surface area (Å²) in [5.74, 6) is -2.26. The molecule has 0 unspecified atom stereocenters. The van der Waals surface area contributed by atoms with Crippen molar-refractivity contribution in [2.24, 2.45) is 0 Å². The Kier molecular flexibility index (Phi) is 6.07. The molecule has 0 aliphatic heterocycles. The number of anilines is 1. The number of nitrogens with one attached hydrogen (secondary N) is 1. The lowest BCUT2D eigenvalue weighted by molar-refractivity contribution is 0.0694. The van der Waals surface area contributed by atoms with E-state index in [0.717, 1.165) is 12.1 Å². The Hall–Kier alpha value is -3.39. The first-order valence-electron chi connectivity index (χ1n) is 9.10. The maximum absolute atomic E-state index is 14.2. The highest BCUT2D eigenvalue weighted by Gasteiger charge is 2.28. The molecule has 3 aromatic rings. The topological polar surface area (TPSA) is 92.7 Å². The summed E-state index contributed by atoms with van der Waals surface area (Å²) in [4.78, 5) is 11.6. The van der Waals surface area contributed by atoms with Crippen molar-refractivity contribution in [2.75, 3.05) is 11.8 Å². The smallest absolute Gasteiger partial charge is 0.341 e. The number of rotatable bonds is 7. The summed E-state index contributed by atoms with van der Waals surface area (Å²) < 4.78 is 47.7. The van der Waals surface area contributed by atoms with Crippen LogP contribution in [0.2, 0.25) is 0 Å². The van der Waals surface area contributed by atoms with Gasteiger partial charge in [0.15, 0.2) is 0 Å². The van der Waals surface area contributed by atoms with Gasteiger partial charge in [-0.2, -0.15) is 0 Å². The van der Waals surface area contributed by atoms with Crippen LogP contribution in [-0.4, -0.2) is 26.6 Å². The predicted molar refractivity (Wildman–Crippen MR) is 112 cm³/mol. The molecule has 0 saturated carbocycles. The standard InChI is InChI=1S/C22H20FNO5S/c1-3-14-13-16(15-9-5-4-6-10-15)20(19(22(25)26)21(14)29-2)24-30(27,28)18-12-8-7-11-17(18)23/h4-13,24H,3H2,1-2H3,(H,25,26). The summed E-state index contributed by atoms with van der Waals surface area (Å²) in [7, 11) is -3.10. The molecule has 3 aromatic carbocycles. The Balaban J connectivity index is 2.33. The van der Waals surface area contributed by atoms with Gasteiger partial charge in [0.05, 0.1) is 12.8 Å². The van der Waals surface area contributed by atoms with E-state index in [2.05, 4.69) is 4.72 Å². The van der Waals surface area contributed by atoms with Crippen molar-refractivity contribution >= 4 is 21.7 Å². The first-order valence-corrected chi connectivity index (χ1v) is 10.6. The van der Waals surface area contributed by atoms with Crippen molar-refractivity contribution in [2.45, 2.75) is 18.2 Å². The highest BCUT2D eigenvalue weighted by Crippen LogP contribution is 2.41. The quantitative estimate of drug-likeness (QED) is 0.574. The Morgan fingerprint density at radius 1 is 1.10 bits per heavy atom. The number of carbonyl (C=O) groups is 1. The third kappa shape index (κ3) is 3.99. The van der Waals surface area contributed by atoms with Crippen LogP contribution < -0.4 is 9.46 Å². The van der Waals surface area contributed by atoms with Gasteiger partial charge in [-0.05, 0) is 35.7 Å². The molecular weight excluding hydrogens is 409 g/mol. The third-order valence-electron chi connectivity index (χ3n) is 4.60. The lowest BCUT2D eigenvalue weighted by Gasteiger charge is -2.20. The molecule has 0 atom stereocenters. The minimum atomic E-state index is -4.42. The molecular formula is C22H20FNO5S. The predicted octanol–water partition coefficient (Wildman–Crippen LogP) is 4.56. The number of methoxy groups -OCH3 is 1.